The molecule has 2 atom stereocenters. The van der Waals surface area contributed by atoms with Crippen molar-refractivity contribution in [1.82, 2.24) is 4.98 Å². The number of hydrogen-bond donors (Lipinski definition) is 0. The number of carbonyl (C=O) groups excluding carboxylic acids is 2. The van der Waals surface area contributed by atoms with Crippen molar-refractivity contribution in [3.05, 3.63) is 29.8 Å². The maximum atomic E-state index is 12.7. The number of methoxy groups -OCH3 is 1. The van der Waals surface area contributed by atoms with Crippen LogP contribution in [-0.2, 0) is 9.59 Å². The second-order valence-corrected chi connectivity index (χ2v) is 7.05. The van der Waals surface area contributed by atoms with Gasteiger partial charge in [0.15, 0.2) is 5.13 Å². The van der Waals surface area contributed by atoms with Gasteiger partial charge in [0, 0.05) is 6.07 Å². The van der Waals surface area contributed by atoms with Gasteiger partial charge in [-0.15, -0.1) is 0 Å². The highest BCUT2D eigenvalue weighted by Crippen LogP contribution is 2.41. The molecule has 6 heteroatoms. The summed E-state index contributed by atoms with van der Waals surface area (Å²) < 4.78 is 6.13. The Kier molecular flexibility index (Phi) is 3.23. The van der Waals surface area contributed by atoms with E-state index >= 15 is 0 Å². The fourth-order valence-electron chi connectivity index (χ4n) is 3.34. The Bertz CT molecular complexity index is 855. The van der Waals surface area contributed by atoms with E-state index in [-0.39, 0.29) is 23.7 Å². The smallest absolute Gasteiger partial charge is 0.239 e. The average Bonchev–Trinajstić information content (AvgIpc) is 3.06. The molecule has 1 fully saturated rings. The fraction of sp³-hybridized carbons (Fsp3) is 0.353. The molecule has 0 radical (unpaired) electrons. The van der Waals surface area contributed by atoms with Crippen LogP contribution in [0.25, 0.3) is 10.2 Å². The number of nitrogens with zero attached hydrogens (tertiary/aromatic N) is 2. The number of thiazole rings is 1. The number of amides is 2. The van der Waals surface area contributed by atoms with Gasteiger partial charge in [0.05, 0.1) is 29.2 Å². The molecule has 23 heavy (non-hydrogen) atoms. The average molecular weight is 328 g/mol. The normalized spacial score (nSPS) is 24.1. The van der Waals surface area contributed by atoms with E-state index in [1.54, 1.807) is 7.11 Å². The summed E-state index contributed by atoms with van der Waals surface area (Å²) in [5.74, 6) is 0.0250. The van der Waals surface area contributed by atoms with Crippen LogP contribution in [0.2, 0.25) is 0 Å². The Balaban J connectivity index is 1.73. The topological polar surface area (TPSA) is 59.5 Å². The Morgan fingerprint density at radius 1 is 1.26 bits per heavy atom. The van der Waals surface area contributed by atoms with E-state index in [0.717, 1.165) is 10.2 Å². The maximum absolute atomic E-state index is 12.7. The molecular formula is C17H16N2O3S. The van der Waals surface area contributed by atoms with Gasteiger partial charge in [-0.25, -0.2) is 9.88 Å². The van der Waals surface area contributed by atoms with Crippen LogP contribution in [0.1, 0.15) is 19.8 Å². The highest BCUT2D eigenvalue weighted by molar-refractivity contribution is 7.22. The van der Waals surface area contributed by atoms with E-state index in [1.165, 1.54) is 21.8 Å². The van der Waals surface area contributed by atoms with Crippen LogP contribution >= 0.6 is 11.3 Å². The van der Waals surface area contributed by atoms with E-state index in [2.05, 4.69) is 11.1 Å². The van der Waals surface area contributed by atoms with Gasteiger partial charge in [-0.1, -0.05) is 23.0 Å². The second kappa shape index (κ2) is 5.16. The monoisotopic (exact) mass is 328 g/mol. The van der Waals surface area contributed by atoms with E-state index in [9.17, 15) is 9.59 Å². The van der Waals surface area contributed by atoms with Gasteiger partial charge in [0.1, 0.15) is 5.75 Å². The zero-order valence-corrected chi connectivity index (χ0v) is 13.7. The summed E-state index contributed by atoms with van der Waals surface area (Å²) >= 11 is 1.37. The third-order valence-electron chi connectivity index (χ3n) is 4.60. The summed E-state index contributed by atoms with van der Waals surface area (Å²) in [6.45, 7) is 2.01. The van der Waals surface area contributed by atoms with Crippen LogP contribution in [0, 0.1) is 11.8 Å². The Hall–Kier alpha value is -2.21. The van der Waals surface area contributed by atoms with Crippen molar-refractivity contribution in [3.8, 4) is 5.75 Å². The molecule has 0 bridgehead atoms. The zero-order valence-electron chi connectivity index (χ0n) is 12.9. The second-order valence-electron chi connectivity index (χ2n) is 6.05. The predicted molar refractivity (Wildman–Crippen MR) is 88.6 cm³/mol. The van der Waals surface area contributed by atoms with Crippen LogP contribution in [0.5, 0.6) is 5.75 Å². The summed E-state index contributed by atoms with van der Waals surface area (Å²) in [5.41, 5.74) is 1.93. The summed E-state index contributed by atoms with van der Waals surface area (Å²) in [6, 6.07) is 5.57. The molecule has 1 aliphatic carbocycles. The quantitative estimate of drug-likeness (QED) is 0.628. The van der Waals surface area contributed by atoms with Gasteiger partial charge in [-0.3, -0.25) is 9.59 Å². The SMILES string of the molecule is COc1ccc2sc(N3C(=O)[C@H]4CC=C(C)C[C@H]4C3=O)nc2c1. The Morgan fingerprint density at radius 2 is 2.04 bits per heavy atom. The first-order valence-corrected chi connectivity index (χ1v) is 8.38. The minimum absolute atomic E-state index is 0.113. The van der Waals surface area contributed by atoms with Crippen LogP contribution < -0.4 is 9.64 Å². The number of benzene rings is 1. The molecule has 0 unspecified atom stereocenters. The minimum atomic E-state index is -0.229. The first-order chi connectivity index (χ1) is 11.1. The van der Waals surface area contributed by atoms with Crippen molar-refractivity contribution < 1.29 is 14.3 Å². The summed E-state index contributed by atoms with van der Waals surface area (Å²) in [6.07, 6.45) is 3.39. The lowest BCUT2D eigenvalue weighted by molar-refractivity contribution is -0.122. The number of aromatic nitrogens is 1. The number of rotatable bonds is 2. The van der Waals surface area contributed by atoms with Crippen molar-refractivity contribution in [2.45, 2.75) is 19.8 Å². The van der Waals surface area contributed by atoms with E-state index in [4.69, 9.17) is 4.74 Å². The molecule has 1 aromatic carbocycles. The predicted octanol–water partition coefficient (Wildman–Crippen LogP) is 3.15. The van der Waals surface area contributed by atoms with Gasteiger partial charge in [-0.2, -0.15) is 0 Å². The molecule has 1 aromatic heterocycles. The molecule has 5 nitrogen and oxygen atoms in total. The summed E-state index contributed by atoms with van der Waals surface area (Å²) in [4.78, 5) is 31.2. The lowest BCUT2D eigenvalue weighted by Crippen LogP contribution is -2.30. The molecule has 4 rings (SSSR count). The summed E-state index contributed by atoms with van der Waals surface area (Å²) in [5, 5.41) is 0.468. The number of allylic oxidation sites excluding steroid dienone is 2. The molecule has 118 valence electrons. The van der Waals surface area contributed by atoms with Crippen LogP contribution in [-0.4, -0.2) is 23.9 Å². The lowest BCUT2D eigenvalue weighted by Gasteiger charge is -2.18. The van der Waals surface area contributed by atoms with Crippen molar-refractivity contribution in [3.63, 3.8) is 0 Å². The largest absolute Gasteiger partial charge is 0.497 e. The highest BCUT2D eigenvalue weighted by atomic mass is 32.1. The molecule has 2 amide bonds. The van der Waals surface area contributed by atoms with Crippen molar-refractivity contribution in [2.24, 2.45) is 11.8 Å². The molecular weight excluding hydrogens is 312 g/mol. The zero-order chi connectivity index (χ0) is 16.1. The fourth-order valence-corrected chi connectivity index (χ4v) is 4.30. The number of imide groups is 1. The van der Waals surface area contributed by atoms with Gasteiger partial charge >= 0.3 is 0 Å². The standard InChI is InChI=1S/C17H16N2O3S/c1-9-3-5-11-12(7-9)16(21)19(15(11)20)17-18-13-8-10(22-2)4-6-14(13)23-17/h3-4,6,8,11-12H,5,7H2,1-2H3/t11-,12+/m0/s1. The number of carbonyl (C=O) groups is 2. The lowest BCUT2D eigenvalue weighted by atomic mass is 9.82. The molecule has 1 saturated heterocycles. The van der Waals surface area contributed by atoms with E-state index < -0.39 is 0 Å². The molecule has 0 saturated carbocycles. The van der Waals surface area contributed by atoms with Crippen molar-refractivity contribution >= 4 is 38.5 Å². The first kappa shape index (κ1) is 14.4. The number of anilines is 1. The van der Waals surface area contributed by atoms with E-state index in [0.29, 0.717) is 23.7 Å². The van der Waals surface area contributed by atoms with Crippen molar-refractivity contribution in [2.75, 3.05) is 12.0 Å². The van der Waals surface area contributed by atoms with Gasteiger partial charge in [0.2, 0.25) is 11.8 Å². The molecule has 2 aliphatic rings. The molecule has 1 aliphatic heterocycles. The first-order valence-electron chi connectivity index (χ1n) is 7.56. The molecule has 0 spiro atoms. The van der Waals surface area contributed by atoms with E-state index in [1.807, 2.05) is 25.1 Å². The molecule has 0 N–H and O–H groups in total. The molecule has 2 heterocycles. The van der Waals surface area contributed by atoms with Crippen LogP contribution in [0.4, 0.5) is 5.13 Å². The van der Waals surface area contributed by atoms with Crippen LogP contribution in [0.3, 0.4) is 0 Å². The third kappa shape index (κ3) is 2.16. The summed E-state index contributed by atoms with van der Waals surface area (Å²) in [7, 11) is 1.60. The minimum Gasteiger partial charge on any atom is -0.497 e. The Morgan fingerprint density at radius 3 is 2.83 bits per heavy atom. The van der Waals surface area contributed by atoms with Crippen LogP contribution in [0.15, 0.2) is 29.8 Å². The van der Waals surface area contributed by atoms with Crippen molar-refractivity contribution in [1.29, 1.82) is 0 Å². The van der Waals surface area contributed by atoms with Gasteiger partial charge in [0.25, 0.3) is 0 Å². The third-order valence-corrected chi connectivity index (χ3v) is 5.62. The number of hydrogen-bond acceptors (Lipinski definition) is 5. The number of ether oxygens (including phenoxy) is 1. The highest BCUT2D eigenvalue weighted by Gasteiger charge is 2.49. The molecule has 2 aromatic rings. The Labute approximate surface area is 137 Å². The number of fused-ring (bicyclic) bond motifs is 2. The van der Waals surface area contributed by atoms with Gasteiger partial charge in [-0.05, 0) is 31.9 Å². The maximum Gasteiger partial charge on any atom is 0.239 e. The van der Waals surface area contributed by atoms with Gasteiger partial charge < -0.3 is 4.74 Å².